The second kappa shape index (κ2) is 19.4. The third kappa shape index (κ3) is 15.9. The predicted octanol–water partition coefficient (Wildman–Crippen LogP) is 7.52. The van der Waals surface area contributed by atoms with Gasteiger partial charge in [0.1, 0.15) is 0 Å². The van der Waals surface area contributed by atoms with Crippen LogP contribution in [0.3, 0.4) is 0 Å². The van der Waals surface area contributed by atoms with E-state index in [-0.39, 0.29) is 5.97 Å². The first kappa shape index (κ1) is 26.5. The summed E-state index contributed by atoms with van der Waals surface area (Å²) >= 11 is 0. The van der Waals surface area contributed by atoms with E-state index in [0.717, 1.165) is 18.8 Å². The lowest BCUT2D eigenvalue weighted by atomic mass is 9.87. The molecule has 0 unspecified atom stereocenters. The zero-order valence-corrected chi connectivity index (χ0v) is 19.9. The molecule has 3 nitrogen and oxygen atoms in total. The summed E-state index contributed by atoms with van der Waals surface area (Å²) in [7, 11) is 0. The average Bonchev–Trinajstić information content (AvgIpc) is 2.74. The van der Waals surface area contributed by atoms with E-state index in [1.54, 1.807) is 0 Å². The highest BCUT2D eigenvalue weighted by Crippen LogP contribution is 2.26. The number of nitrogens with zero attached hydrogens (tertiary/aromatic N) is 1. The number of esters is 1. The SMILES string of the molecule is CCCCCCCCCN(CCCCCCC(=O)OCC)CCC1CCCCC1. The molecule has 1 saturated carbocycles. The summed E-state index contributed by atoms with van der Waals surface area (Å²) in [5.74, 6) is 0.963. The minimum atomic E-state index is -0.0273. The van der Waals surface area contributed by atoms with E-state index in [0.29, 0.717) is 13.0 Å². The molecule has 0 heterocycles. The number of unbranched alkanes of at least 4 members (excludes halogenated alkanes) is 9. The van der Waals surface area contributed by atoms with Crippen molar-refractivity contribution in [3.63, 3.8) is 0 Å². The van der Waals surface area contributed by atoms with Crippen molar-refractivity contribution >= 4 is 5.97 Å². The first-order valence-corrected chi connectivity index (χ1v) is 13.1. The number of hydrogen-bond donors (Lipinski definition) is 0. The summed E-state index contributed by atoms with van der Waals surface area (Å²) in [5, 5.41) is 0. The molecule has 1 aliphatic carbocycles. The maximum absolute atomic E-state index is 11.4. The lowest BCUT2D eigenvalue weighted by molar-refractivity contribution is -0.143. The summed E-state index contributed by atoms with van der Waals surface area (Å²) in [6, 6.07) is 0. The first-order valence-electron chi connectivity index (χ1n) is 13.1. The Labute approximate surface area is 182 Å². The van der Waals surface area contributed by atoms with E-state index < -0.39 is 0 Å². The minimum absolute atomic E-state index is 0.0273. The van der Waals surface area contributed by atoms with Crippen LogP contribution in [0.15, 0.2) is 0 Å². The van der Waals surface area contributed by atoms with Crippen LogP contribution in [-0.4, -0.2) is 37.1 Å². The van der Waals surface area contributed by atoms with Crippen molar-refractivity contribution in [3.05, 3.63) is 0 Å². The van der Waals surface area contributed by atoms with Crippen LogP contribution in [0.4, 0.5) is 0 Å². The highest BCUT2D eigenvalue weighted by molar-refractivity contribution is 5.69. The van der Waals surface area contributed by atoms with Gasteiger partial charge in [-0.3, -0.25) is 4.79 Å². The highest BCUT2D eigenvalue weighted by Gasteiger charge is 2.15. The van der Waals surface area contributed by atoms with Crippen LogP contribution < -0.4 is 0 Å². The van der Waals surface area contributed by atoms with Gasteiger partial charge in [-0.05, 0) is 58.2 Å². The van der Waals surface area contributed by atoms with Crippen molar-refractivity contribution in [2.75, 3.05) is 26.2 Å². The van der Waals surface area contributed by atoms with Gasteiger partial charge in [-0.1, -0.05) is 90.4 Å². The van der Waals surface area contributed by atoms with Gasteiger partial charge >= 0.3 is 5.97 Å². The number of carbonyl (C=O) groups is 1. The Morgan fingerprint density at radius 3 is 1.97 bits per heavy atom. The normalized spacial score (nSPS) is 15.1. The monoisotopic (exact) mass is 409 g/mol. The molecule has 0 atom stereocenters. The molecule has 0 spiro atoms. The topological polar surface area (TPSA) is 29.5 Å². The average molecular weight is 410 g/mol. The molecule has 0 radical (unpaired) electrons. The first-order chi connectivity index (χ1) is 14.3. The van der Waals surface area contributed by atoms with E-state index >= 15 is 0 Å². The van der Waals surface area contributed by atoms with Crippen molar-refractivity contribution in [1.29, 1.82) is 0 Å². The maximum atomic E-state index is 11.4. The number of carbonyl (C=O) groups excluding carboxylic acids is 1. The molecular weight excluding hydrogens is 358 g/mol. The van der Waals surface area contributed by atoms with Crippen LogP contribution in [0.2, 0.25) is 0 Å². The summed E-state index contributed by atoms with van der Waals surface area (Å²) in [5.41, 5.74) is 0. The third-order valence-corrected chi connectivity index (χ3v) is 6.57. The highest BCUT2D eigenvalue weighted by atomic mass is 16.5. The molecule has 0 bridgehead atoms. The standard InChI is InChI=1S/C26H51NO2/c1-3-5-6-7-8-10-16-22-27(24-21-25-18-13-12-14-19-25)23-17-11-9-15-20-26(28)29-4-2/h25H,3-24H2,1-2H3. The Morgan fingerprint density at radius 2 is 1.34 bits per heavy atom. The summed E-state index contributed by atoms with van der Waals surface area (Å²) < 4.78 is 5.01. The van der Waals surface area contributed by atoms with Crippen LogP contribution in [0, 0.1) is 5.92 Å². The molecule has 0 aromatic carbocycles. The lowest BCUT2D eigenvalue weighted by Gasteiger charge is -2.27. The van der Waals surface area contributed by atoms with Gasteiger partial charge in [-0.15, -0.1) is 0 Å². The largest absolute Gasteiger partial charge is 0.466 e. The van der Waals surface area contributed by atoms with Crippen LogP contribution in [0.25, 0.3) is 0 Å². The minimum Gasteiger partial charge on any atom is -0.466 e. The smallest absolute Gasteiger partial charge is 0.305 e. The number of ether oxygens (including phenoxy) is 1. The fourth-order valence-corrected chi connectivity index (χ4v) is 4.66. The molecular formula is C26H51NO2. The molecule has 0 aromatic heterocycles. The van der Waals surface area contributed by atoms with Gasteiger partial charge in [0, 0.05) is 6.42 Å². The van der Waals surface area contributed by atoms with Gasteiger partial charge in [0.05, 0.1) is 6.61 Å². The molecule has 1 rings (SSSR count). The summed E-state index contributed by atoms with van der Waals surface area (Å²) in [6.45, 7) is 8.54. The van der Waals surface area contributed by atoms with Gasteiger partial charge in [0.2, 0.25) is 0 Å². The lowest BCUT2D eigenvalue weighted by Crippen LogP contribution is -2.29. The Morgan fingerprint density at radius 1 is 0.759 bits per heavy atom. The zero-order valence-electron chi connectivity index (χ0n) is 19.9. The van der Waals surface area contributed by atoms with Crippen molar-refractivity contribution in [2.24, 2.45) is 5.92 Å². The van der Waals surface area contributed by atoms with Crippen LogP contribution >= 0.6 is 0 Å². The van der Waals surface area contributed by atoms with Gasteiger partial charge in [-0.25, -0.2) is 0 Å². The Balaban J connectivity index is 2.16. The van der Waals surface area contributed by atoms with E-state index in [9.17, 15) is 4.79 Å². The molecule has 3 heteroatoms. The zero-order chi connectivity index (χ0) is 21.0. The summed E-state index contributed by atoms with van der Waals surface area (Å²) in [6.07, 6.45) is 23.8. The molecule has 0 N–H and O–H groups in total. The fourth-order valence-electron chi connectivity index (χ4n) is 4.66. The summed E-state index contributed by atoms with van der Waals surface area (Å²) in [4.78, 5) is 14.2. The van der Waals surface area contributed by atoms with E-state index in [1.165, 1.54) is 116 Å². The second-order valence-corrected chi connectivity index (χ2v) is 9.22. The predicted molar refractivity (Wildman–Crippen MR) is 125 cm³/mol. The third-order valence-electron chi connectivity index (χ3n) is 6.57. The molecule has 1 aliphatic rings. The fraction of sp³-hybridized carbons (Fsp3) is 0.962. The van der Waals surface area contributed by atoms with Crippen molar-refractivity contribution in [1.82, 2.24) is 4.90 Å². The number of rotatable bonds is 19. The van der Waals surface area contributed by atoms with Gasteiger partial charge < -0.3 is 9.64 Å². The Hall–Kier alpha value is -0.570. The quantitative estimate of drug-likeness (QED) is 0.163. The maximum Gasteiger partial charge on any atom is 0.305 e. The molecule has 0 saturated heterocycles. The van der Waals surface area contributed by atoms with E-state index in [2.05, 4.69) is 11.8 Å². The second-order valence-electron chi connectivity index (χ2n) is 9.22. The van der Waals surface area contributed by atoms with E-state index in [1.807, 2.05) is 6.92 Å². The van der Waals surface area contributed by atoms with Gasteiger partial charge in [0.25, 0.3) is 0 Å². The molecule has 0 aliphatic heterocycles. The molecule has 0 aromatic rings. The molecule has 29 heavy (non-hydrogen) atoms. The Bertz CT molecular complexity index is 366. The van der Waals surface area contributed by atoms with Crippen LogP contribution in [-0.2, 0) is 9.53 Å². The van der Waals surface area contributed by atoms with Crippen molar-refractivity contribution in [3.8, 4) is 0 Å². The molecule has 1 fully saturated rings. The molecule has 172 valence electrons. The van der Waals surface area contributed by atoms with Crippen molar-refractivity contribution in [2.45, 2.75) is 129 Å². The van der Waals surface area contributed by atoms with Gasteiger partial charge in [0.15, 0.2) is 0 Å². The van der Waals surface area contributed by atoms with E-state index in [4.69, 9.17) is 4.74 Å². The number of hydrogen-bond acceptors (Lipinski definition) is 3. The van der Waals surface area contributed by atoms with Crippen LogP contribution in [0.5, 0.6) is 0 Å². The van der Waals surface area contributed by atoms with Crippen LogP contribution in [0.1, 0.15) is 129 Å². The van der Waals surface area contributed by atoms with Gasteiger partial charge in [-0.2, -0.15) is 0 Å². The van der Waals surface area contributed by atoms with Crippen molar-refractivity contribution < 1.29 is 9.53 Å². The molecule has 0 amide bonds. The Kier molecular flexibility index (Phi) is 17.7.